The highest BCUT2D eigenvalue weighted by molar-refractivity contribution is 7.09. The summed E-state index contributed by atoms with van der Waals surface area (Å²) in [4.78, 5) is 10.8. The van der Waals surface area contributed by atoms with Gasteiger partial charge in [-0.25, -0.2) is 4.98 Å². The van der Waals surface area contributed by atoms with E-state index in [9.17, 15) is 0 Å². The van der Waals surface area contributed by atoms with Crippen molar-refractivity contribution in [2.75, 3.05) is 31.6 Å². The van der Waals surface area contributed by atoms with Crippen LogP contribution in [0.1, 0.15) is 23.4 Å². The maximum Gasteiger partial charge on any atom is 0.0797 e. The fourth-order valence-electron chi connectivity index (χ4n) is 3.21. The lowest BCUT2D eigenvalue weighted by molar-refractivity contribution is 0.218. The molecule has 2 heterocycles. The van der Waals surface area contributed by atoms with Crippen molar-refractivity contribution in [1.82, 2.24) is 9.88 Å². The van der Waals surface area contributed by atoms with E-state index >= 15 is 0 Å². The molecule has 1 atom stereocenters. The van der Waals surface area contributed by atoms with Crippen LogP contribution in [-0.4, -0.2) is 42.6 Å². The predicted octanol–water partition coefficient (Wildman–Crippen LogP) is 3.59. The van der Waals surface area contributed by atoms with Crippen molar-refractivity contribution < 1.29 is 0 Å². The van der Waals surface area contributed by atoms with Crippen LogP contribution >= 0.6 is 11.3 Å². The van der Waals surface area contributed by atoms with Gasteiger partial charge in [0.1, 0.15) is 0 Å². The standard InChI is InChI=1S/C18H25N3S/c1-15-18(22-14-19-15)10-12-20(2)17-9-6-11-21(13-17)16-7-4-3-5-8-16/h3-5,7-8,14,17H,6,9-13H2,1-2H3/t17-/m0/s1. The van der Waals surface area contributed by atoms with Gasteiger partial charge in [0.15, 0.2) is 0 Å². The van der Waals surface area contributed by atoms with Crippen LogP contribution < -0.4 is 4.90 Å². The predicted molar refractivity (Wildman–Crippen MR) is 94.9 cm³/mol. The molecular formula is C18H25N3S. The molecule has 1 aromatic carbocycles. The van der Waals surface area contributed by atoms with Gasteiger partial charge in [0.05, 0.1) is 11.2 Å². The van der Waals surface area contributed by atoms with E-state index < -0.39 is 0 Å². The molecule has 1 fully saturated rings. The van der Waals surface area contributed by atoms with E-state index in [2.05, 4.69) is 59.1 Å². The van der Waals surface area contributed by atoms with Gasteiger partial charge in [-0.2, -0.15) is 0 Å². The second-order valence-electron chi connectivity index (χ2n) is 6.17. The highest BCUT2D eigenvalue weighted by Gasteiger charge is 2.23. The molecule has 0 bridgehead atoms. The fraction of sp³-hybridized carbons (Fsp3) is 0.500. The molecule has 118 valence electrons. The molecule has 0 N–H and O–H groups in total. The molecule has 0 aliphatic carbocycles. The summed E-state index contributed by atoms with van der Waals surface area (Å²) in [5.74, 6) is 0. The summed E-state index contributed by atoms with van der Waals surface area (Å²) in [5.41, 5.74) is 4.52. The van der Waals surface area contributed by atoms with Gasteiger partial charge in [0.2, 0.25) is 0 Å². The summed E-state index contributed by atoms with van der Waals surface area (Å²) in [6.45, 7) is 5.56. The zero-order chi connectivity index (χ0) is 15.4. The average Bonchev–Trinajstić information content (AvgIpc) is 2.99. The Morgan fingerprint density at radius 2 is 2.14 bits per heavy atom. The number of benzene rings is 1. The number of thiazole rings is 1. The number of piperidine rings is 1. The van der Waals surface area contributed by atoms with Crippen LogP contribution in [0.2, 0.25) is 0 Å². The first-order chi connectivity index (χ1) is 10.7. The monoisotopic (exact) mass is 315 g/mol. The molecular weight excluding hydrogens is 290 g/mol. The maximum absolute atomic E-state index is 4.35. The van der Waals surface area contributed by atoms with E-state index in [1.54, 1.807) is 11.3 Å². The number of anilines is 1. The minimum atomic E-state index is 0.655. The zero-order valence-corrected chi connectivity index (χ0v) is 14.4. The molecule has 4 heteroatoms. The van der Waals surface area contributed by atoms with Crippen LogP contribution in [-0.2, 0) is 6.42 Å². The lowest BCUT2D eigenvalue weighted by atomic mass is 10.0. The van der Waals surface area contributed by atoms with Crippen molar-refractivity contribution >= 4 is 17.0 Å². The fourth-order valence-corrected chi connectivity index (χ4v) is 3.98. The molecule has 1 aliphatic heterocycles. The van der Waals surface area contributed by atoms with Gasteiger partial charge >= 0.3 is 0 Å². The van der Waals surface area contributed by atoms with Gasteiger partial charge in [-0.3, -0.25) is 0 Å². The van der Waals surface area contributed by atoms with Gasteiger partial charge in [-0.1, -0.05) is 18.2 Å². The molecule has 0 spiro atoms. The molecule has 1 saturated heterocycles. The van der Waals surface area contributed by atoms with Gasteiger partial charge in [-0.15, -0.1) is 11.3 Å². The van der Waals surface area contributed by atoms with E-state index in [1.807, 2.05) is 5.51 Å². The van der Waals surface area contributed by atoms with Gasteiger partial charge < -0.3 is 9.80 Å². The van der Waals surface area contributed by atoms with Crippen LogP contribution in [0, 0.1) is 6.92 Å². The van der Waals surface area contributed by atoms with Crippen LogP contribution in [0.5, 0.6) is 0 Å². The van der Waals surface area contributed by atoms with E-state index in [4.69, 9.17) is 0 Å². The number of hydrogen-bond acceptors (Lipinski definition) is 4. The second-order valence-corrected chi connectivity index (χ2v) is 7.11. The number of likely N-dealkylation sites (N-methyl/N-ethyl adjacent to an activating group) is 1. The molecule has 3 nitrogen and oxygen atoms in total. The summed E-state index contributed by atoms with van der Waals surface area (Å²) in [6, 6.07) is 11.5. The third-order valence-electron chi connectivity index (χ3n) is 4.68. The minimum Gasteiger partial charge on any atom is -0.370 e. The molecule has 0 amide bonds. The second kappa shape index (κ2) is 7.25. The Balaban J connectivity index is 1.56. The zero-order valence-electron chi connectivity index (χ0n) is 13.5. The lowest BCUT2D eigenvalue weighted by Gasteiger charge is -2.39. The molecule has 2 aromatic rings. The van der Waals surface area contributed by atoms with Crippen LogP contribution in [0.25, 0.3) is 0 Å². The molecule has 1 aromatic heterocycles. The third-order valence-corrected chi connectivity index (χ3v) is 5.67. The lowest BCUT2D eigenvalue weighted by Crippen LogP contribution is -2.47. The average molecular weight is 315 g/mol. The topological polar surface area (TPSA) is 19.4 Å². The van der Waals surface area contributed by atoms with E-state index in [1.165, 1.54) is 35.6 Å². The molecule has 0 radical (unpaired) electrons. The summed E-state index contributed by atoms with van der Waals surface area (Å²) in [6.07, 6.45) is 3.71. The number of aryl methyl sites for hydroxylation is 1. The highest BCUT2D eigenvalue weighted by Crippen LogP contribution is 2.22. The molecule has 0 saturated carbocycles. The summed E-state index contributed by atoms with van der Waals surface area (Å²) >= 11 is 1.79. The van der Waals surface area contributed by atoms with Crippen molar-refractivity contribution in [3.63, 3.8) is 0 Å². The van der Waals surface area contributed by atoms with Gasteiger partial charge in [0, 0.05) is 36.2 Å². The first-order valence-electron chi connectivity index (χ1n) is 8.13. The Bertz CT molecular complexity index is 581. The van der Waals surface area contributed by atoms with E-state index in [-0.39, 0.29) is 0 Å². The number of para-hydroxylation sites is 1. The number of hydrogen-bond donors (Lipinski definition) is 0. The summed E-state index contributed by atoms with van der Waals surface area (Å²) in [5, 5.41) is 0. The van der Waals surface area contributed by atoms with Gasteiger partial charge in [0.25, 0.3) is 0 Å². The maximum atomic E-state index is 4.35. The number of nitrogens with zero attached hydrogens (tertiary/aromatic N) is 3. The van der Waals surface area contributed by atoms with Crippen LogP contribution in [0.15, 0.2) is 35.8 Å². The van der Waals surface area contributed by atoms with Crippen molar-refractivity contribution in [2.45, 2.75) is 32.2 Å². The Morgan fingerprint density at radius 1 is 1.32 bits per heavy atom. The highest BCUT2D eigenvalue weighted by atomic mass is 32.1. The Morgan fingerprint density at radius 3 is 2.86 bits per heavy atom. The Labute approximate surface area is 137 Å². The SMILES string of the molecule is Cc1ncsc1CCN(C)[C@H]1CCCN(c2ccccc2)C1. The van der Waals surface area contributed by atoms with Crippen LogP contribution in [0.4, 0.5) is 5.69 Å². The Kier molecular flexibility index (Phi) is 5.11. The summed E-state index contributed by atoms with van der Waals surface area (Å²) < 4.78 is 0. The minimum absolute atomic E-state index is 0.655. The quantitative estimate of drug-likeness (QED) is 0.840. The molecule has 3 rings (SSSR count). The third kappa shape index (κ3) is 3.68. The first-order valence-corrected chi connectivity index (χ1v) is 9.01. The van der Waals surface area contributed by atoms with E-state index in [0.717, 1.165) is 19.5 Å². The first kappa shape index (κ1) is 15.5. The number of aromatic nitrogens is 1. The van der Waals surface area contributed by atoms with Crippen molar-refractivity contribution in [3.8, 4) is 0 Å². The Hall–Kier alpha value is -1.39. The van der Waals surface area contributed by atoms with Crippen molar-refractivity contribution in [2.24, 2.45) is 0 Å². The van der Waals surface area contributed by atoms with Crippen molar-refractivity contribution in [1.29, 1.82) is 0 Å². The van der Waals surface area contributed by atoms with Gasteiger partial charge in [-0.05, 0) is 45.4 Å². The molecule has 0 unspecified atom stereocenters. The summed E-state index contributed by atoms with van der Waals surface area (Å²) in [7, 11) is 2.27. The normalized spacial score (nSPS) is 18.9. The van der Waals surface area contributed by atoms with Crippen molar-refractivity contribution in [3.05, 3.63) is 46.4 Å². The van der Waals surface area contributed by atoms with Crippen LogP contribution in [0.3, 0.4) is 0 Å². The molecule has 22 heavy (non-hydrogen) atoms. The number of rotatable bonds is 5. The largest absolute Gasteiger partial charge is 0.370 e. The van der Waals surface area contributed by atoms with E-state index in [0.29, 0.717) is 6.04 Å². The smallest absolute Gasteiger partial charge is 0.0797 e. The molecule has 1 aliphatic rings.